The van der Waals surface area contributed by atoms with E-state index in [0.29, 0.717) is 19.5 Å². The van der Waals surface area contributed by atoms with Crippen molar-refractivity contribution < 1.29 is 4.79 Å². The Bertz CT molecular complexity index is 744. The zero-order chi connectivity index (χ0) is 18.9. The number of aryl methyl sites for hydroxylation is 1. The van der Waals surface area contributed by atoms with Crippen LogP contribution in [0.1, 0.15) is 24.0 Å². The number of aliphatic imine (C=N–C) groups is 1. The Kier molecular flexibility index (Phi) is 8.06. The predicted molar refractivity (Wildman–Crippen MR) is 112 cm³/mol. The molecule has 0 atom stereocenters. The molecule has 0 aliphatic rings. The average molecular weight is 438 g/mol. The van der Waals surface area contributed by atoms with E-state index in [0.717, 1.165) is 33.4 Å². The molecular weight excluding hydrogens is 414 g/mol. The Morgan fingerprint density at radius 1 is 1.35 bits per heavy atom. The van der Waals surface area contributed by atoms with E-state index in [2.05, 4.69) is 41.9 Å². The lowest BCUT2D eigenvalue weighted by molar-refractivity contribution is -0.116. The molecule has 0 unspecified atom stereocenters. The number of aromatic nitrogens is 1. The number of hydrogen-bond donors (Lipinski definition) is 2. The second-order valence-corrected chi connectivity index (χ2v) is 7.73. The van der Waals surface area contributed by atoms with Gasteiger partial charge in [-0.15, -0.1) is 11.3 Å². The zero-order valence-corrected chi connectivity index (χ0v) is 17.7. The van der Waals surface area contributed by atoms with Gasteiger partial charge in [0.1, 0.15) is 0 Å². The molecule has 2 aromatic rings. The lowest BCUT2D eigenvalue weighted by Gasteiger charge is -2.21. The minimum atomic E-state index is -0.0512. The first-order chi connectivity index (χ1) is 12.5. The van der Waals surface area contributed by atoms with Crippen LogP contribution in [-0.4, -0.2) is 41.9 Å². The van der Waals surface area contributed by atoms with E-state index in [4.69, 9.17) is 0 Å². The van der Waals surface area contributed by atoms with Gasteiger partial charge in [-0.05, 0) is 38.1 Å². The maximum atomic E-state index is 12.1. The number of rotatable bonds is 7. The smallest absolute Gasteiger partial charge is 0.226 e. The van der Waals surface area contributed by atoms with E-state index in [1.54, 1.807) is 11.3 Å². The maximum absolute atomic E-state index is 12.1. The molecule has 6 nitrogen and oxygen atoms in total. The molecule has 0 spiro atoms. The second kappa shape index (κ2) is 10.3. The highest BCUT2D eigenvalue weighted by atomic mass is 79.9. The standard InChI is InChI=1S/C18H24BrN5OS/c1-4-20-18(24(3)11-16-12-26-13(2)22-16)21-10-9-17(25)23-15-7-5-14(19)6-8-15/h5-8,12H,4,9-11H2,1-3H3,(H,20,21)(H,23,25). The molecule has 0 aliphatic heterocycles. The van der Waals surface area contributed by atoms with E-state index >= 15 is 0 Å². The van der Waals surface area contributed by atoms with Gasteiger partial charge in [0.05, 0.1) is 23.8 Å². The van der Waals surface area contributed by atoms with Crippen LogP contribution in [0.2, 0.25) is 0 Å². The van der Waals surface area contributed by atoms with Gasteiger partial charge in [0, 0.05) is 35.6 Å². The topological polar surface area (TPSA) is 69.6 Å². The summed E-state index contributed by atoms with van der Waals surface area (Å²) in [4.78, 5) is 23.1. The normalized spacial score (nSPS) is 11.3. The Balaban J connectivity index is 1.86. The van der Waals surface area contributed by atoms with Crippen LogP contribution in [0.3, 0.4) is 0 Å². The van der Waals surface area contributed by atoms with Crippen molar-refractivity contribution >= 4 is 44.8 Å². The lowest BCUT2D eigenvalue weighted by atomic mass is 10.3. The Labute approximate surface area is 166 Å². The number of nitrogens with one attached hydrogen (secondary N) is 2. The van der Waals surface area contributed by atoms with E-state index in [-0.39, 0.29) is 5.91 Å². The summed E-state index contributed by atoms with van der Waals surface area (Å²) in [6, 6.07) is 7.51. The summed E-state index contributed by atoms with van der Waals surface area (Å²) in [6.45, 7) is 5.89. The maximum Gasteiger partial charge on any atom is 0.226 e. The molecule has 26 heavy (non-hydrogen) atoms. The predicted octanol–water partition coefficient (Wildman–Crippen LogP) is 3.64. The van der Waals surface area contributed by atoms with Crippen molar-refractivity contribution in [2.75, 3.05) is 25.5 Å². The van der Waals surface area contributed by atoms with Gasteiger partial charge in [0.15, 0.2) is 5.96 Å². The van der Waals surface area contributed by atoms with Crippen LogP contribution in [0.15, 0.2) is 39.1 Å². The van der Waals surface area contributed by atoms with E-state index in [9.17, 15) is 4.79 Å². The molecule has 2 rings (SSSR count). The van der Waals surface area contributed by atoms with Crippen molar-refractivity contribution in [1.82, 2.24) is 15.2 Å². The number of carbonyl (C=O) groups excluding carboxylic acids is 1. The van der Waals surface area contributed by atoms with Crippen molar-refractivity contribution in [2.45, 2.75) is 26.8 Å². The van der Waals surface area contributed by atoms with Gasteiger partial charge in [0.2, 0.25) is 5.91 Å². The number of anilines is 1. The van der Waals surface area contributed by atoms with Gasteiger partial charge in [-0.25, -0.2) is 4.98 Å². The van der Waals surface area contributed by atoms with Crippen LogP contribution >= 0.6 is 27.3 Å². The Morgan fingerprint density at radius 2 is 2.08 bits per heavy atom. The van der Waals surface area contributed by atoms with Crippen molar-refractivity contribution in [3.63, 3.8) is 0 Å². The fourth-order valence-electron chi connectivity index (χ4n) is 2.29. The number of amides is 1. The summed E-state index contributed by atoms with van der Waals surface area (Å²) >= 11 is 5.02. The highest BCUT2D eigenvalue weighted by Gasteiger charge is 2.09. The Morgan fingerprint density at radius 3 is 2.69 bits per heavy atom. The lowest BCUT2D eigenvalue weighted by Crippen LogP contribution is -2.38. The van der Waals surface area contributed by atoms with Gasteiger partial charge in [-0.2, -0.15) is 0 Å². The van der Waals surface area contributed by atoms with Crippen molar-refractivity contribution in [1.29, 1.82) is 0 Å². The summed E-state index contributed by atoms with van der Waals surface area (Å²) in [5, 5.41) is 9.24. The number of hydrogen-bond acceptors (Lipinski definition) is 4. The molecular formula is C18H24BrN5OS. The van der Waals surface area contributed by atoms with Crippen molar-refractivity contribution in [2.24, 2.45) is 4.99 Å². The SMILES string of the molecule is CCNC(=NCCC(=O)Nc1ccc(Br)cc1)N(C)Cc1csc(C)n1. The first-order valence-electron chi connectivity index (χ1n) is 8.43. The third-order valence-corrected chi connectivity index (χ3v) is 4.84. The summed E-state index contributed by atoms with van der Waals surface area (Å²) in [5.41, 5.74) is 1.80. The number of nitrogens with zero attached hydrogens (tertiary/aromatic N) is 3. The molecule has 0 saturated heterocycles. The molecule has 0 aliphatic carbocycles. The molecule has 0 saturated carbocycles. The van der Waals surface area contributed by atoms with Gasteiger partial charge in [0.25, 0.3) is 0 Å². The molecule has 8 heteroatoms. The second-order valence-electron chi connectivity index (χ2n) is 5.75. The number of guanidine groups is 1. The molecule has 0 radical (unpaired) electrons. The van der Waals surface area contributed by atoms with Crippen LogP contribution in [-0.2, 0) is 11.3 Å². The molecule has 1 heterocycles. The summed E-state index contributed by atoms with van der Waals surface area (Å²) < 4.78 is 0.980. The summed E-state index contributed by atoms with van der Waals surface area (Å²) in [7, 11) is 1.97. The molecule has 0 bridgehead atoms. The number of thiazole rings is 1. The van der Waals surface area contributed by atoms with E-state index in [1.165, 1.54) is 0 Å². The van der Waals surface area contributed by atoms with E-state index in [1.807, 2.05) is 50.1 Å². The van der Waals surface area contributed by atoms with Crippen LogP contribution in [0, 0.1) is 6.92 Å². The van der Waals surface area contributed by atoms with Crippen LogP contribution < -0.4 is 10.6 Å². The van der Waals surface area contributed by atoms with E-state index < -0.39 is 0 Å². The minimum Gasteiger partial charge on any atom is -0.357 e. The van der Waals surface area contributed by atoms with Gasteiger partial charge in [-0.3, -0.25) is 9.79 Å². The molecule has 140 valence electrons. The van der Waals surface area contributed by atoms with Crippen LogP contribution in [0.25, 0.3) is 0 Å². The quantitative estimate of drug-likeness (QED) is 0.512. The fourth-order valence-corrected chi connectivity index (χ4v) is 3.16. The average Bonchev–Trinajstić information content (AvgIpc) is 3.01. The number of halogens is 1. The summed E-state index contributed by atoms with van der Waals surface area (Å²) in [5.74, 6) is 0.722. The van der Waals surface area contributed by atoms with Crippen molar-refractivity contribution in [3.8, 4) is 0 Å². The molecule has 1 aromatic heterocycles. The first kappa shape index (κ1) is 20.4. The van der Waals surface area contributed by atoms with Crippen molar-refractivity contribution in [3.05, 3.63) is 44.8 Å². The van der Waals surface area contributed by atoms with Crippen LogP contribution in [0.5, 0.6) is 0 Å². The molecule has 1 amide bonds. The summed E-state index contributed by atoms with van der Waals surface area (Å²) in [6.07, 6.45) is 0.328. The van der Waals surface area contributed by atoms with Gasteiger partial charge in [-0.1, -0.05) is 15.9 Å². The third kappa shape index (κ3) is 6.76. The fraction of sp³-hybridized carbons (Fsp3) is 0.389. The molecule has 2 N–H and O–H groups in total. The molecule has 0 fully saturated rings. The number of carbonyl (C=O) groups is 1. The minimum absolute atomic E-state index is 0.0512. The third-order valence-electron chi connectivity index (χ3n) is 3.49. The highest BCUT2D eigenvalue weighted by Crippen LogP contribution is 2.14. The highest BCUT2D eigenvalue weighted by molar-refractivity contribution is 9.10. The van der Waals surface area contributed by atoms with Gasteiger partial charge < -0.3 is 15.5 Å². The van der Waals surface area contributed by atoms with Crippen LogP contribution in [0.4, 0.5) is 5.69 Å². The first-order valence-corrected chi connectivity index (χ1v) is 10.1. The van der Waals surface area contributed by atoms with Gasteiger partial charge >= 0.3 is 0 Å². The zero-order valence-electron chi connectivity index (χ0n) is 15.3. The Hall–Kier alpha value is -1.93. The monoisotopic (exact) mass is 437 g/mol. The largest absolute Gasteiger partial charge is 0.357 e. The number of benzene rings is 1. The molecule has 1 aromatic carbocycles.